The maximum absolute atomic E-state index is 14.2. The minimum absolute atomic E-state index is 0.00830. The number of ether oxygens (including phenoxy) is 2. The number of halogens is 1. The fourth-order valence-corrected chi connectivity index (χ4v) is 2.72. The van der Waals surface area contributed by atoms with Gasteiger partial charge in [-0.25, -0.2) is 13.4 Å². The molecule has 24 heavy (non-hydrogen) atoms. The van der Waals surface area contributed by atoms with E-state index < -0.39 is 34.0 Å². The summed E-state index contributed by atoms with van der Waals surface area (Å²) in [6.45, 7) is 1.55. The normalized spacial score (nSPS) is 15.0. The van der Waals surface area contributed by atoms with E-state index in [4.69, 9.17) is 9.47 Å². The van der Waals surface area contributed by atoms with Gasteiger partial charge in [0.05, 0.1) is 24.5 Å². The van der Waals surface area contributed by atoms with Gasteiger partial charge in [0.15, 0.2) is 6.61 Å². The number of hydrogen-bond acceptors (Lipinski definition) is 6. The van der Waals surface area contributed by atoms with Crippen LogP contribution in [0.1, 0.15) is 10.4 Å². The van der Waals surface area contributed by atoms with Gasteiger partial charge in [-0.15, -0.1) is 0 Å². The van der Waals surface area contributed by atoms with Crippen molar-refractivity contribution in [1.29, 1.82) is 0 Å². The Labute approximate surface area is 139 Å². The first kappa shape index (κ1) is 18.3. The number of anilines is 1. The van der Waals surface area contributed by atoms with E-state index in [1.54, 1.807) is 0 Å². The van der Waals surface area contributed by atoms with Crippen molar-refractivity contribution in [3.63, 3.8) is 0 Å². The Morgan fingerprint density at radius 3 is 2.58 bits per heavy atom. The molecule has 1 aliphatic rings. The van der Waals surface area contributed by atoms with E-state index in [1.165, 1.54) is 24.6 Å². The molecule has 132 valence electrons. The van der Waals surface area contributed by atoms with Crippen LogP contribution in [-0.4, -0.2) is 61.5 Å². The van der Waals surface area contributed by atoms with Crippen LogP contribution in [0.2, 0.25) is 0 Å². The molecular formula is C15H19FN2O5S. The average Bonchev–Trinajstić information content (AvgIpc) is 2.51. The molecule has 1 aromatic carbocycles. The maximum atomic E-state index is 14.2. The van der Waals surface area contributed by atoms with Gasteiger partial charge in [0.1, 0.15) is 5.82 Å². The van der Waals surface area contributed by atoms with Gasteiger partial charge in [-0.2, -0.15) is 4.36 Å². The molecule has 0 atom stereocenters. The Morgan fingerprint density at radius 1 is 1.33 bits per heavy atom. The molecule has 0 bridgehead atoms. The summed E-state index contributed by atoms with van der Waals surface area (Å²) in [6.07, 6.45) is 2.60. The lowest BCUT2D eigenvalue weighted by Crippen LogP contribution is -2.36. The van der Waals surface area contributed by atoms with Crippen molar-refractivity contribution in [2.24, 2.45) is 4.36 Å². The summed E-state index contributed by atoms with van der Waals surface area (Å²) in [5, 5.41) is 0. The van der Waals surface area contributed by atoms with Crippen molar-refractivity contribution in [3.05, 3.63) is 29.6 Å². The van der Waals surface area contributed by atoms with Gasteiger partial charge in [0, 0.05) is 35.3 Å². The molecule has 0 unspecified atom stereocenters. The highest BCUT2D eigenvalue weighted by molar-refractivity contribution is 7.92. The van der Waals surface area contributed by atoms with Gasteiger partial charge in [-0.1, -0.05) is 0 Å². The number of morpholine rings is 1. The predicted molar refractivity (Wildman–Crippen MR) is 87.1 cm³/mol. The second-order valence-electron chi connectivity index (χ2n) is 5.51. The first-order chi connectivity index (χ1) is 11.3. The molecule has 0 aliphatic carbocycles. The molecule has 0 radical (unpaired) electrons. The molecular weight excluding hydrogens is 339 g/mol. The molecule has 1 fully saturated rings. The van der Waals surface area contributed by atoms with E-state index in [-0.39, 0.29) is 5.56 Å². The third kappa shape index (κ3) is 5.27. The zero-order valence-corrected chi connectivity index (χ0v) is 14.3. The maximum Gasteiger partial charge on any atom is 0.338 e. The van der Waals surface area contributed by atoms with E-state index in [0.29, 0.717) is 32.0 Å². The fourth-order valence-electron chi connectivity index (χ4n) is 2.18. The molecule has 2 rings (SSSR count). The van der Waals surface area contributed by atoms with Gasteiger partial charge in [-0.3, -0.25) is 4.79 Å². The first-order valence-electron chi connectivity index (χ1n) is 7.25. The van der Waals surface area contributed by atoms with Crippen LogP contribution >= 0.6 is 0 Å². The van der Waals surface area contributed by atoms with Crippen LogP contribution in [0.3, 0.4) is 0 Å². The largest absolute Gasteiger partial charge is 0.452 e. The van der Waals surface area contributed by atoms with Crippen LogP contribution in [0.5, 0.6) is 0 Å². The third-order valence-corrected chi connectivity index (χ3v) is 3.83. The first-order valence-corrected chi connectivity index (χ1v) is 9.59. The minimum Gasteiger partial charge on any atom is -0.452 e. The van der Waals surface area contributed by atoms with Crippen LogP contribution in [0.25, 0.3) is 0 Å². The fraction of sp³-hybridized carbons (Fsp3) is 0.467. The van der Waals surface area contributed by atoms with Crippen LogP contribution in [0.4, 0.5) is 10.1 Å². The highest BCUT2D eigenvalue weighted by atomic mass is 32.2. The van der Waals surface area contributed by atoms with Gasteiger partial charge < -0.3 is 14.4 Å². The molecule has 1 amide bonds. The quantitative estimate of drug-likeness (QED) is 0.749. The summed E-state index contributed by atoms with van der Waals surface area (Å²) >= 11 is 0. The molecule has 1 aromatic rings. The smallest absolute Gasteiger partial charge is 0.338 e. The standard InChI is InChI=1S/C15H19FN2O5S/c1-24(2,21)17-14(19)10-23-15(20)11-3-4-13(12(16)9-11)18-5-7-22-8-6-18/h3-4,9H,5-8,10H2,1-2H3. The zero-order chi connectivity index (χ0) is 17.7. The topological polar surface area (TPSA) is 85.3 Å². The van der Waals surface area contributed by atoms with E-state index in [1.807, 2.05) is 4.90 Å². The highest BCUT2D eigenvalue weighted by Gasteiger charge is 2.18. The molecule has 0 spiro atoms. The van der Waals surface area contributed by atoms with Crippen molar-refractivity contribution in [3.8, 4) is 0 Å². The molecule has 0 aromatic heterocycles. The van der Waals surface area contributed by atoms with Crippen LogP contribution in [0.15, 0.2) is 22.6 Å². The van der Waals surface area contributed by atoms with Crippen LogP contribution in [-0.2, 0) is 24.0 Å². The van der Waals surface area contributed by atoms with Crippen molar-refractivity contribution >= 4 is 27.3 Å². The van der Waals surface area contributed by atoms with Gasteiger partial charge in [0.2, 0.25) is 0 Å². The van der Waals surface area contributed by atoms with E-state index in [0.717, 1.165) is 6.07 Å². The van der Waals surface area contributed by atoms with Crippen molar-refractivity contribution in [1.82, 2.24) is 0 Å². The monoisotopic (exact) mass is 358 g/mol. The van der Waals surface area contributed by atoms with Crippen LogP contribution in [0, 0.1) is 5.82 Å². The Bertz CT molecular complexity index is 744. The number of benzene rings is 1. The molecule has 7 nitrogen and oxygen atoms in total. The number of hydrogen-bond donors (Lipinski definition) is 0. The lowest BCUT2D eigenvalue weighted by atomic mass is 10.1. The molecule has 9 heteroatoms. The van der Waals surface area contributed by atoms with E-state index >= 15 is 0 Å². The summed E-state index contributed by atoms with van der Waals surface area (Å²) in [5.74, 6) is -2.19. The SMILES string of the molecule is CS(C)(=O)=NC(=O)COC(=O)c1ccc(N2CCOCC2)c(F)c1. The highest BCUT2D eigenvalue weighted by Crippen LogP contribution is 2.22. The Balaban J connectivity index is 2.01. The summed E-state index contributed by atoms with van der Waals surface area (Å²) in [7, 11) is -2.60. The summed E-state index contributed by atoms with van der Waals surface area (Å²) in [5.41, 5.74) is 0.378. The Morgan fingerprint density at radius 2 is 2.00 bits per heavy atom. The molecule has 0 saturated carbocycles. The molecule has 1 heterocycles. The van der Waals surface area contributed by atoms with Gasteiger partial charge >= 0.3 is 5.97 Å². The van der Waals surface area contributed by atoms with E-state index in [9.17, 15) is 18.2 Å². The number of carbonyl (C=O) groups excluding carboxylic acids is 2. The zero-order valence-electron chi connectivity index (χ0n) is 13.5. The third-order valence-electron chi connectivity index (χ3n) is 3.18. The second-order valence-corrected chi connectivity index (χ2v) is 8.05. The van der Waals surface area contributed by atoms with Crippen molar-refractivity contribution in [2.75, 3.05) is 50.3 Å². The second kappa shape index (κ2) is 7.71. The molecule has 1 saturated heterocycles. The molecule has 1 aliphatic heterocycles. The van der Waals surface area contributed by atoms with Gasteiger partial charge in [0.25, 0.3) is 5.91 Å². The average molecular weight is 358 g/mol. The number of rotatable bonds is 4. The molecule has 0 N–H and O–H groups in total. The Hall–Kier alpha value is -2.00. The summed E-state index contributed by atoms with van der Waals surface area (Å²) in [4.78, 5) is 25.1. The minimum atomic E-state index is -2.60. The van der Waals surface area contributed by atoms with E-state index in [2.05, 4.69) is 4.36 Å². The number of nitrogens with zero attached hydrogens (tertiary/aromatic N) is 2. The summed E-state index contributed by atoms with van der Waals surface area (Å²) < 4.78 is 38.9. The van der Waals surface area contributed by atoms with Crippen molar-refractivity contribution < 1.29 is 27.7 Å². The number of carbonyl (C=O) groups is 2. The summed E-state index contributed by atoms with van der Waals surface area (Å²) in [6, 6.07) is 3.99. The van der Waals surface area contributed by atoms with Crippen LogP contribution < -0.4 is 4.90 Å². The number of amides is 1. The Kier molecular flexibility index (Phi) is 5.89. The number of esters is 1. The van der Waals surface area contributed by atoms with Gasteiger partial charge in [-0.05, 0) is 18.2 Å². The lowest BCUT2D eigenvalue weighted by Gasteiger charge is -2.29. The lowest BCUT2D eigenvalue weighted by molar-refractivity contribution is -0.120. The predicted octanol–water partition coefficient (Wildman–Crippen LogP) is 1.07. The van der Waals surface area contributed by atoms with Crippen molar-refractivity contribution in [2.45, 2.75) is 0 Å².